The molecule has 1 saturated heterocycles. The molecule has 2 N–H and O–H groups in total. The van der Waals surface area contributed by atoms with E-state index < -0.39 is 0 Å². The van der Waals surface area contributed by atoms with Crippen LogP contribution in [0, 0.1) is 0 Å². The van der Waals surface area contributed by atoms with Crippen molar-refractivity contribution < 1.29 is 9.59 Å². The number of nitrogens with one attached hydrogen (secondary N) is 2. The molecule has 0 saturated carbocycles. The molecule has 1 atom stereocenters. The number of rotatable bonds is 3. The zero-order valence-corrected chi connectivity index (χ0v) is 13.7. The van der Waals surface area contributed by atoms with Gasteiger partial charge in [-0.25, -0.2) is 0 Å². The van der Waals surface area contributed by atoms with Gasteiger partial charge >= 0.3 is 0 Å². The predicted octanol–water partition coefficient (Wildman–Crippen LogP) is 2.76. The lowest BCUT2D eigenvalue weighted by atomic mass is 10.1. The van der Waals surface area contributed by atoms with Crippen molar-refractivity contribution in [2.24, 2.45) is 0 Å². The fraction of sp³-hybridized carbons (Fsp3) is 0.333. The topological polar surface area (TPSA) is 58.2 Å². The normalized spacial score (nSPS) is 19.4. The molecule has 1 aromatic rings. The first-order valence-corrected chi connectivity index (χ1v) is 7.65. The molecule has 19 heavy (non-hydrogen) atoms. The highest BCUT2D eigenvalue weighted by atomic mass is 79.9. The molecule has 1 unspecified atom stereocenters. The number of hydrogen-bond acceptors (Lipinski definition) is 3. The molecule has 1 heterocycles. The first-order chi connectivity index (χ1) is 8.99. The molecule has 0 aromatic heterocycles. The zero-order valence-electron chi connectivity index (χ0n) is 9.80. The van der Waals surface area contributed by atoms with Crippen molar-refractivity contribution in [2.45, 2.75) is 25.4 Å². The lowest BCUT2D eigenvalue weighted by Gasteiger charge is -2.22. The summed E-state index contributed by atoms with van der Waals surface area (Å²) in [5, 5.41) is 6.04. The molecule has 1 aliphatic heterocycles. The Morgan fingerprint density at radius 1 is 1.32 bits per heavy atom. The molecule has 1 aliphatic rings. The van der Waals surface area contributed by atoms with Gasteiger partial charge in [0.05, 0.1) is 11.1 Å². The first kappa shape index (κ1) is 15.0. The minimum atomic E-state index is -0.361. The number of amides is 2. The summed E-state index contributed by atoms with van der Waals surface area (Å²) >= 11 is 13.0. The molecule has 2 amide bonds. The van der Waals surface area contributed by atoms with Gasteiger partial charge in [0.15, 0.2) is 0 Å². The van der Waals surface area contributed by atoms with Gasteiger partial charge in [-0.05, 0) is 40.0 Å². The van der Waals surface area contributed by atoms with E-state index in [1.807, 2.05) is 12.1 Å². The third kappa shape index (κ3) is 3.56. The second-order valence-corrected chi connectivity index (χ2v) is 6.29. The summed E-state index contributed by atoms with van der Waals surface area (Å²) in [5.74, 6) is -0.497. The van der Waals surface area contributed by atoms with Crippen LogP contribution in [0.2, 0.25) is 5.02 Å². The smallest absolute Gasteiger partial charge is 0.243 e. The van der Waals surface area contributed by atoms with Crippen molar-refractivity contribution in [1.29, 1.82) is 0 Å². The van der Waals surface area contributed by atoms with E-state index in [1.165, 1.54) is 0 Å². The third-order valence-electron chi connectivity index (χ3n) is 2.90. The third-order valence-corrected chi connectivity index (χ3v) is 4.97. The average Bonchev–Trinajstić information content (AvgIpc) is 2.36. The number of hydrogen-bond donors (Lipinski definition) is 2. The summed E-state index contributed by atoms with van der Waals surface area (Å²) in [6.07, 6.45) is 0.866. The van der Waals surface area contributed by atoms with E-state index in [0.29, 0.717) is 24.4 Å². The maximum absolute atomic E-state index is 11.6. The Labute approximate surface area is 132 Å². The maximum atomic E-state index is 11.6. The SMILES string of the molecule is O=C1CCC(NCc2c(Br)ccc(Br)c2Cl)C(=O)N1. The Kier molecular flexibility index (Phi) is 5.00. The van der Waals surface area contributed by atoms with Crippen molar-refractivity contribution in [1.82, 2.24) is 10.6 Å². The van der Waals surface area contributed by atoms with E-state index in [2.05, 4.69) is 42.5 Å². The monoisotopic (exact) mass is 408 g/mol. The lowest BCUT2D eigenvalue weighted by molar-refractivity contribution is -0.134. The fourth-order valence-electron chi connectivity index (χ4n) is 1.84. The van der Waals surface area contributed by atoms with Gasteiger partial charge in [0.2, 0.25) is 11.8 Å². The van der Waals surface area contributed by atoms with Crippen molar-refractivity contribution in [3.63, 3.8) is 0 Å². The summed E-state index contributed by atoms with van der Waals surface area (Å²) in [6, 6.07) is 3.37. The summed E-state index contributed by atoms with van der Waals surface area (Å²) in [4.78, 5) is 22.7. The van der Waals surface area contributed by atoms with Crippen LogP contribution in [0.4, 0.5) is 0 Å². The standard InChI is InChI=1S/C12H11Br2ClN2O2/c13-7-1-2-8(14)11(15)6(7)5-16-9-3-4-10(18)17-12(9)19/h1-2,9,16H,3-5H2,(H,17,18,19). The Morgan fingerprint density at radius 2 is 2.00 bits per heavy atom. The Bertz CT molecular complexity index is 537. The van der Waals surface area contributed by atoms with Gasteiger partial charge in [-0.3, -0.25) is 14.9 Å². The number of benzene rings is 1. The summed E-state index contributed by atoms with van der Waals surface area (Å²) in [5.41, 5.74) is 0.876. The van der Waals surface area contributed by atoms with E-state index >= 15 is 0 Å². The zero-order chi connectivity index (χ0) is 14.0. The largest absolute Gasteiger partial charge is 0.302 e. The second-order valence-electron chi connectivity index (χ2n) is 4.21. The number of carbonyl (C=O) groups excluding carboxylic acids is 2. The van der Waals surface area contributed by atoms with Crippen LogP contribution >= 0.6 is 43.5 Å². The van der Waals surface area contributed by atoms with Gasteiger partial charge in [-0.1, -0.05) is 27.5 Å². The first-order valence-electron chi connectivity index (χ1n) is 5.68. The average molecular weight is 410 g/mol. The van der Waals surface area contributed by atoms with Crippen LogP contribution in [0.5, 0.6) is 0 Å². The quantitative estimate of drug-likeness (QED) is 0.595. The molecule has 0 radical (unpaired) electrons. The molecule has 102 valence electrons. The highest BCUT2D eigenvalue weighted by molar-refractivity contribution is 9.11. The van der Waals surface area contributed by atoms with E-state index in [1.54, 1.807) is 0 Å². The van der Waals surface area contributed by atoms with E-state index in [4.69, 9.17) is 11.6 Å². The molecule has 1 aromatic carbocycles. The molecule has 4 nitrogen and oxygen atoms in total. The molecule has 0 spiro atoms. The Morgan fingerprint density at radius 3 is 2.68 bits per heavy atom. The minimum Gasteiger partial charge on any atom is -0.302 e. The van der Waals surface area contributed by atoms with Crippen LogP contribution in [0.3, 0.4) is 0 Å². The highest BCUT2D eigenvalue weighted by Crippen LogP contribution is 2.31. The highest BCUT2D eigenvalue weighted by Gasteiger charge is 2.26. The molecule has 1 fully saturated rings. The van der Waals surface area contributed by atoms with Crippen molar-refractivity contribution >= 4 is 55.3 Å². The summed E-state index contributed by atoms with van der Waals surface area (Å²) in [6.45, 7) is 0.450. The van der Waals surface area contributed by atoms with Crippen LogP contribution < -0.4 is 10.6 Å². The molecular weight excluding hydrogens is 399 g/mol. The maximum Gasteiger partial charge on any atom is 0.243 e. The van der Waals surface area contributed by atoms with Gasteiger partial charge in [-0.15, -0.1) is 0 Å². The van der Waals surface area contributed by atoms with Gasteiger partial charge in [0.1, 0.15) is 0 Å². The van der Waals surface area contributed by atoms with E-state index in [0.717, 1.165) is 14.5 Å². The summed E-state index contributed by atoms with van der Waals surface area (Å²) < 4.78 is 1.68. The van der Waals surface area contributed by atoms with Crippen molar-refractivity contribution in [3.05, 3.63) is 31.7 Å². The molecule has 7 heteroatoms. The number of carbonyl (C=O) groups is 2. The van der Waals surface area contributed by atoms with Crippen LogP contribution in [0.15, 0.2) is 21.1 Å². The van der Waals surface area contributed by atoms with Gasteiger partial charge in [-0.2, -0.15) is 0 Å². The van der Waals surface area contributed by atoms with E-state index in [9.17, 15) is 9.59 Å². The number of halogens is 3. The predicted molar refractivity (Wildman–Crippen MR) is 79.9 cm³/mol. The second kappa shape index (κ2) is 6.35. The molecule has 2 rings (SSSR count). The van der Waals surface area contributed by atoms with Crippen LogP contribution in [0.25, 0.3) is 0 Å². The molecule has 0 bridgehead atoms. The van der Waals surface area contributed by atoms with Crippen LogP contribution in [-0.2, 0) is 16.1 Å². The Hall–Kier alpha value is -0.430. The summed E-state index contributed by atoms with van der Waals surface area (Å²) in [7, 11) is 0. The van der Waals surface area contributed by atoms with Gasteiger partial charge in [0, 0.05) is 21.9 Å². The lowest BCUT2D eigenvalue weighted by Crippen LogP contribution is -2.50. The van der Waals surface area contributed by atoms with Crippen LogP contribution in [0.1, 0.15) is 18.4 Å². The van der Waals surface area contributed by atoms with Crippen molar-refractivity contribution in [2.75, 3.05) is 0 Å². The van der Waals surface area contributed by atoms with E-state index in [-0.39, 0.29) is 17.9 Å². The number of imide groups is 1. The minimum absolute atomic E-state index is 0.218. The van der Waals surface area contributed by atoms with Crippen molar-refractivity contribution in [3.8, 4) is 0 Å². The Balaban J connectivity index is 2.05. The molecule has 0 aliphatic carbocycles. The van der Waals surface area contributed by atoms with Gasteiger partial charge in [0.25, 0.3) is 0 Å². The number of piperidine rings is 1. The molecular formula is C12H11Br2ClN2O2. The van der Waals surface area contributed by atoms with Crippen LogP contribution in [-0.4, -0.2) is 17.9 Å². The fourth-order valence-corrected chi connectivity index (χ4v) is 3.03. The van der Waals surface area contributed by atoms with Gasteiger partial charge < -0.3 is 5.32 Å².